The van der Waals surface area contributed by atoms with E-state index in [1.807, 2.05) is 78.9 Å². The minimum Gasteiger partial charge on any atom is -0.497 e. The number of nitrogens with one attached hydrogen (secondary N) is 2. The van der Waals surface area contributed by atoms with Crippen LogP contribution in [0.2, 0.25) is 0 Å². The van der Waals surface area contributed by atoms with E-state index >= 15 is 0 Å². The second kappa shape index (κ2) is 17.5. The van der Waals surface area contributed by atoms with Crippen molar-refractivity contribution in [1.82, 2.24) is 15.5 Å². The summed E-state index contributed by atoms with van der Waals surface area (Å²) in [7, 11) is 3.20. The van der Waals surface area contributed by atoms with E-state index in [0.717, 1.165) is 16.7 Å². The quantitative estimate of drug-likeness (QED) is 0.194. The first kappa shape index (κ1) is 34.8. The Kier molecular flexibility index (Phi) is 13.5. The highest BCUT2D eigenvalue weighted by atomic mass is 16.6. The van der Waals surface area contributed by atoms with Crippen LogP contribution in [0.5, 0.6) is 11.5 Å². The third-order valence-electron chi connectivity index (χ3n) is 6.77. The van der Waals surface area contributed by atoms with Crippen LogP contribution in [0.15, 0.2) is 78.9 Å². The molecule has 0 saturated carbocycles. The zero-order valence-corrected chi connectivity index (χ0v) is 26.8. The molecule has 0 bridgehead atoms. The van der Waals surface area contributed by atoms with Gasteiger partial charge in [-0.2, -0.15) is 0 Å². The molecule has 0 spiro atoms. The molecule has 3 aromatic carbocycles. The highest BCUT2D eigenvalue weighted by Crippen LogP contribution is 2.19. The van der Waals surface area contributed by atoms with Crippen molar-refractivity contribution in [3.63, 3.8) is 0 Å². The molecule has 0 saturated heterocycles. The third kappa shape index (κ3) is 12.8. The lowest BCUT2D eigenvalue weighted by atomic mass is 10.1. The van der Waals surface area contributed by atoms with Crippen molar-refractivity contribution in [2.24, 2.45) is 0 Å². The van der Waals surface area contributed by atoms with E-state index in [-0.39, 0.29) is 12.5 Å². The van der Waals surface area contributed by atoms with Crippen molar-refractivity contribution in [2.75, 3.05) is 20.8 Å². The van der Waals surface area contributed by atoms with Crippen molar-refractivity contribution in [2.45, 2.75) is 71.4 Å². The Morgan fingerprint density at radius 1 is 0.733 bits per heavy atom. The standard InChI is InChI=1S/C35H45N3O7/c1-35(2,3)45-34(41)37-31(13-9-10-22-36-33(40)44-25-28-11-7-6-8-12-28)32(39)38(23-26-14-18-29(42-4)19-15-26)24-27-16-20-30(43-5)21-17-27/h6-8,11-12,14-21,31H,9-10,13,22-25H2,1-5H3,(H,36,40)(H,37,41). The number of unbranched alkanes of at least 4 members (excludes halogenated alkanes) is 1. The average Bonchev–Trinajstić information content (AvgIpc) is 3.02. The molecular weight excluding hydrogens is 574 g/mol. The van der Waals surface area contributed by atoms with E-state index in [2.05, 4.69) is 10.6 Å². The molecule has 3 rings (SSSR count). The summed E-state index contributed by atoms with van der Waals surface area (Å²) in [5.74, 6) is 1.19. The largest absolute Gasteiger partial charge is 0.497 e. The van der Waals surface area contributed by atoms with Crippen molar-refractivity contribution in [1.29, 1.82) is 0 Å². The first-order chi connectivity index (χ1) is 21.6. The number of ether oxygens (including phenoxy) is 4. The van der Waals surface area contributed by atoms with Gasteiger partial charge in [0.2, 0.25) is 5.91 Å². The van der Waals surface area contributed by atoms with Gasteiger partial charge in [0.25, 0.3) is 0 Å². The maximum atomic E-state index is 14.1. The number of amides is 3. The van der Waals surface area contributed by atoms with Crippen LogP contribution in [0.4, 0.5) is 9.59 Å². The fourth-order valence-electron chi connectivity index (χ4n) is 4.48. The minimum atomic E-state index is -0.846. The van der Waals surface area contributed by atoms with Gasteiger partial charge in [-0.15, -0.1) is 0 Å². The number of nitrogens with zero attached hydrogens (tertiary/aromatic N) is 1. The summed E-state index contributed by atoms with van der Waals surface area (Å²) in [5, 5.41) is 5.54. The summed E-state index contributed by atoms with van der Waals surface area (Å²) in [4.78, 5) is 40.8. The molecule has 3 amide bonds. The minimum absolute atomic E-state index is 0.182. The Labute approximate surface area is 266 Å². The van der Waals surface area contributed by atoms with Gasteiger partial charge in [-0.1, -0.05) is 54.6 Å². The lowest BCUT2D eigenvalue weighted by Crippen LogP contribution is -2.49. The molecule has 3 aromatic rings. The maximum absolute atomic E-state index is 14.1. The van der Waals surface area contributed by atoms with Crippen LogP contribution < -0.4 is 20.1 Å². The summed E-state index contributed by atoms with van der Waals surface area (Å²) >= 11 is 0. The molecule has 0 radical (unpaired) electrons. The second-order valence-electron chi connectivity index (χ2n) is 11.6. The number of hydrogen-bond acceptors (Lipinski definition) is 7. The molecule has 1 atom stereocenters. The monoisotopic (exact) mass is 619 g/mol. The topological polar surface area (TPSA) is 115 Å². The van der Waals surface area contributed by atoms with E-state index < -0.39 is 23.8 Å². The first-order valence-electron chi connectivity index (χ1n) is 15.0. The predicted molar refractivity (Wildman–Crippen MR) is 172 cm³/mol. The molecule has 0 fully saturated rings. The van der Waals surface area contributed by atoms with Crippen LogP contribution in [-0.4, -0.2) is 55.4 Å². The molecule has 10 nitrogen and oxygen atoms in total. The van der Waals surface area contributed by atoms with Gasteiger partial charge in [-0.05, 0) is 81.0 Å². The molecule has 2 N–H and O–H groups in total. The van der Waals surface area contributed by atoms with Crippen LogP contribution in [0.25, 0.3) is 0 Å². The average molecular weight is 620 g/mol. The van der Waals surface area contributed by atoms with Crippen LogP contribution in [-0.2, 0) is 34.0 Å². The Bertz CT molecular complexity index is 1290. The maximum Gasteiger partial charge on any atom is 0.408 e. The first-order valence-corrected chi connectivity index (χ1v) is 15.0. The van der Waals surface area contributed by atoms with Gasteiger partial charge in [-0.3, -0.25) is 4.79 Å². The molecule has 10 heteroatoms. The number of alkyl carbamates (subject to hydrolysis) is 2. The number of carbonyl (C=O) groups is 3. The highest BCUT2D eigenvalue weighted by Gasteiger charge is 2.28. The molecular formula is C35H45N3O7. The second-order valence-corrected chi connectivity index (χ2v) is 11.6. The van der Waals surface area contributed by atoms with E-state index in [1.54, 1.807) is 39.9 Å². The Balaban J connectivity index is 1.68. The van der Waals surface area contributed by atoms with Gasteiger partial charge in [0.15, 0.2) is 0 Å². The Morgan fingerprint density at radius 2 is 1.29 bits per heavy atom. The van der Waals surface area contributed by atoms with Crippen LogP contribution in [0, 0.1) is 0 Å². The van der Waals surface area contributed by atoms with E-state index in [1.165, 1.54) is 0 Å². The Morgan fingerprint density at radius 3 is 1.80 bits per heavy atom. The van der Waals surface area contributed by atoms with E-state index in [4.69, 9.17) is 18.9 Å². The molecule has 45 heavy (non-hydrogen) atoms. The van der Waals surface area contributed by atoms with Crippen molar-refractivity contribution in [3.05, 3.63) is 95.6 Å². The van der Waals surface area contributed by atoms with Gasteiger partial charge in [0.05, 0.1) is 14.2 Å². The summed E-state index contributed by atoms with van der Waals surface area (Å²) in [6.07, 6.45) is 0.308. The molecule has 0 aliphatic carbocycles. The smallest absolute Gasteiger partial charge is 0.408 e. The molecule has 242 valence electrons. The van der Waals surface area contributed by atoms with Gasteiger partial charge >= 0.3 is 12.2 Å². The molecule has 0 heterocycles. The van der Waals surface area contributed by atoms with Crippen LogP contribution in [0.3, 0.4) is 0 Å². The lowest BCUT2D eigenvalue weighted by molar-refractivity contribution is -0.135. The van der Waals surface area contributed by atoms with Gasteiger partial charge < -0.3 is 34.5 Å². The Hall–Kier alpha value is -4.73. The predicted octanol–water partition coefficient (Wildman–Crippen LogP) is 6.22. The number of methoxy groups -OCH3 is 2. The van der Waals surface area contributed by atoms with E-state index in [9.17, 15) is 14.4 Å². The highest BCUT2D eigenvalue weighted by molar-refractivity contribution is 5.85. The number of benzene rings is 3. The number of carbonyl (C=O) groups excluding carboxylic acids is 3. The summed E-state index contributed by atoms with van der Waals surface area (Å²) < 4.78 is 21.3. The van der Waals surface area contributed by atoms with Gasteiger partial charge in [-0.25, -0.2) is 9.59 Å². The molecule has 0 aliphatic heterocycles. The SMILES string of the molecule is COc1ccc(CN(Cc2ccc(OC)cc2)C(=O)C(CCCCNC(=O)OCc2ccccc2)NC(=O)OC(C)(C)C)cc1. The lowest BCUT2D eigenvalue weighted by Gasteiger charge is -2.29. The summed E-state index contributed by atoms with van der Waals surface area (Å²) in [6.45, 7) is 6.48. The zero-order valence-electron chi connectivity index (χ0n) is 26.8. The third-order valence-corrected chi connectivity index (χ3v) is 6.77. The fourth-order valence-corrected chi connectivity index (χ4v) is 4.48. The zero-order chi connectivity index (χ0) is 32.7. The normalized spacial score (nSPS) is 11.6. The van der Waals surface area contributed by atoms with Crippen molar-refractivity contribution in [3.8, 4) is 11.5 Å². The number of rotatable bonds is 15. The summed E-state index contributed by atoms with van der Waals surface area (Å²) in [6, 6.07) is 23.6. The van der Waals surface area contributed by atoms with Crippen LogP contribution >= 0.6 is 0 Å². The number of hydrogen-bond donors (Lipinski definition) is 2. The summed E-state index contributed by atoms with van der Waals surface area (Å²) in [5.41, 5.74) is 1.99. The molecule has 1 unspecified atom stereocenters. The molecule has 0 aliphatic rings. The fraction of sp³-hybridized carbons (Fsp3) is 0.400. The van der Waals surface area contributed by atoms with Gasteiger partial charge in [0.1, 0.15) is 29.7 Å². The van der Waals surface area contributed by atoms with Gasteiger partial charge in [0, 0.05) is 19.6 Å². The molecule has 0 aromatic heterocycles. The van der Waals surface area contributed by atoms with Crippen molar-refractivity contribution < 1.29 is 33.3 Å². The van der Waals surface area contributed by atoms with E-state index in [0.29, 0.717) is 50.4 Å². The van der Waals surface area contributed by atoms with Crippen molar-refractivity contribution >= 4 is 18.1 Å². The van der Waals surface area contributed by atoms with Crippen LogP contribution in [0.1, 0.15) is 56.7 Å².